The van der Waals surface area contributed by atoms with Crippen molar-refractivity contribution in [3.05, 3.63) is 27.3 Å². The van der Waals surface area contributed by atoms with E-state index in [0.29, 0.717) is 15.8 Å². The van der Waals surface area contributed by atoms with Crippen molar-refractivity contribution in [1.29, 1.82) is 0 Å². The van der Waals surface area contributed by atoms with E-state index in [9.17, 15) is 9.59 Å². The second-order valence-corrected chi connectivity index (χ2v) is 9.47. The van der Waals surface area contributed by atoms with Crippen molar-refractivity contribution in [3.8, 4) is 0 Å². The third-order valence-electron chi connectivity index (χ3n) is 3.80. The van der Waals surface area contributed by atoms with Gasteiger partial charge >= 0.3 is 0 Å². The number of nitrogens with zero attached hydrogens (tertiary/aromatic N) is 2. The molecule has 2 rings (SSSR count). The van der Waals surface area contributed by atoms with Crippen molar-refractivity contribution < 1.29 is 9.59 Å². The maximum atomic E-state index is 12.6. The summed E-state index contributed by atoms with van der Waals surface area (Å²) < 4.78 is 0.526. The number of thiocarbonyl (C=S) groups is 1. The van der Waals surface area contributed by atoms with E-state index in [1.165, 1.54) is 11.8 Å². The molecular formula is C18H24N2O2S3. The molecule has 0 N–H and O–H groups in total. The van der Waals surface area contributed by atoms with Gasteiger partial charge in [-0.1, -0.05) is 37.0 Å². The highest BCUT2D eigenvalue weighted by Crippen LogP contribution is 2.33. The summed E-state index contributed by atoms with van der Waals surface area (Å²) in [7, 11) is 0. The Morgan fingerprint density at radius 1 is 1.40 bits per heavy atom. The first-order chi connectivity index (χ1) is 11.7. The van der Waals surface area contributed by atoms with Crippen LogP contribution in [-0.4, -0.2) is 44.6 Å². The van der Waals surface area contributed by atoms with Crippen molar-refractivity contribution in [3.63, 3.8) is 0 Å². The number of thioether (sulfide) groups is 1. The fourth-order valence-electron chi connectivity index (χ4n) is 2.60. The number of carbonyl (C=O) groups is 2. The average molecular weight is 397 g/mol. The van der Waals surface area contributed by atoms with E-state index in [0.717, 1.165) is 17.8 Å². The minimum Gasteiger partial charge on any atom is -0.338 e. The highest BCUT2D eigenvalue weighted by molar-refractivity contribution is 8.26. The molecule has 7 heteroatoms. The number of thiophene rings is 1. The Kier molecular flexibility index (Phi) is 6.82. The Hall–Kier alpha value is -1.18. The van der Waals surface area contributed by atoms with E-state index < -0.39 is 0 Å². The summed E-state index contributed by atoms with van der Waals surface area (Å²) in [4.78, 5) is 30.3. The zero-order valence-electron chi connectivity index (χ0n) is 15.1. The van der Waals surface area contributed by atoms with Gasteiger partial charge in [-0.05, 0) is 44.7 Å². The van der Waals surface area contributed by atoms with Crippen LogP contribution in [0.25, 0.3) is 6.08 Å². The molecule has 1 aromatic heterocycles. The van der Waals surface area contributed by atoms with Crippen LogP contribution in [0.2, 0.25) is 0 Å². The van der Waals surface area contributed by atoms with Gasteiger partial charge in [-0.2, -0.15) is 0 Å². The van der Waals surface area contributed by atoms with E-state index in [2.05, 4.69) is 6.92 Å². The van der Waals surface area contributed by atoms with Gasteiger partial charge in [-0.25, -0.2) is 0 Å². The van der Waals surface area contributed by atoms with Crippen LogP contribution < -0.4 is 0 Å². The Bertz CT molecular complexity index is 675. The minimum atomic E-state index is -0.221. The standard InChI is InChI=1S/C18H24N2O2S3/c1-5-9-20(18(2,3)4)15(21)8-10-19-16(22)14(25-17(19)23)12-13-7-6-11-24-13/h6-7,11-12H,5,8-10H2,1-4H3/b14-12+. The molecule has 2 heterocycles. The molecule has 1 aromatic rings. The Labute approximate surface area is 163 Å². The average Bonchev–Trinajstić information content (AvgIpc) is 3.11. The van der Waals surface area contributed by atoms with Crippen LogP contribution in [0.4, 0.5) is 0 Å². The molecule has 1 fully saturated rings. The first-order valence-electron chi connectivity index (χ1n) is 8.33. The fourth-order valence-corrected chi connectivity index (χ4v) is 4.63. The second-order valence-electron chi connectivity index (χ2n) is 6.81. The van der Waals surface area contributed by atoms with Crippen LogP contribution in [0.5, 0.6) is 0 Å². The molecule has 136 valence electrons. The number of carbonyl (C=O) groups excluding carboxylic acids is 2. The summed E-state index contributed by atoms with van der Waals surface area (Å²) in [5.74, 6) is -0.0420. The molecule has 1 aliphatic rings. The van der Waals surface area contributed by atoms with Gasteiger partial charge in [0.05, 0.1) is 4.91 Å². The number of hydrogen-bond acceptors (Lipinski definition) is 5. The number of rotatable bonds is 6. The van der Waals surface area contributed by atoms with Crippen molar-refractivity contribution in [2.75, 3.05) is 13.1 Å². The zero-order valence-corrected chi connectivity index (χ0v) is 17.5. The van der Waals surface area contributed by atoms with Gasteiger partial charge in [0.2, 0.25) is 5.91 Å². The smallest absolute Gasteiger partial charge is 0.266 e. The van der Waals surface area contributed by atoms with Crippen LogP contribution >= 0.6 is 35.3 Å². The van der Waals surface area contributed by atoms with Crippen molar-refractivity contribution in [2.24, 2.45) is 0 Å². The van der Waals surface area contributed by atoms with E-state index >= 15 is 0 Å². The molecule has 0 radical (unpaired) electrons. The van der Waals surface area contributed by atoms with Crippen LogP contribution in [0.15, 0.2) is 22.4 Å². The minimum absolute atomic E-state index is 0.0608. The lowest BCUT2D eigenvalue weighted by molar-refractivity contribution is -0.136. The van der Waals surface area contributed by atoms with Crippen LogP contribution in [-0.2, 0) is 9.59 Å². The molecule has 25 heavy (non-hydrogen) atoms. The van der Waals surface area contributed by atoms with Gasteiger partial charge in [-0.15, -0.1) is 11.3 Å². The first-order valence-corrected chi connectivity index (χ1v) is 10.4. The lowest BCUT2D eigenvalue weighted by Crippen LogP contribution is -2.47. The molecule has 0 saturated carbocycles. The summed E-state index contributed by atoms with van der Waals surface area (Å²) >= 11 is 8.23. The van der Waals surface area contributed by atoms with Gasteiger partial charge < -0.3 is 4.90 Å². The van der Waals surface area contributed by atoms with E-state index in [-0.39, 0.29) is 23.8 Å². The van der Waals surface area contributed by atoms with Crippen LogP contribution in [0, 0.1) is 0 Å². The quantitative estimate of drug-likeness (QED) is 0.529. The Morgan fingerprint density at radius 2 is 2.12 bits per heavy atom. The van der Waals surface area contributed by atoms with Crippen LogP contribution in [0.3, 0.4) is 0 Å². The first kappa shape index (κ1) is 20.1. The van der Waals surface area contributed by atoms with Gasteiger partial charge in [0.1, 0.15) is 4.32 Å². The van der Waals surface area contributed by atoms with Gasteiger partial charge in [0.15, 0.2) is 0 Å². The number of amides is 2. The maximum absolute atomic E-state index is 12.6. The highest BCUT2D eigenvalue weighted by Gasteiger charge is 2.33. The van der Waals surface area contributed by atoms with Crippen molar-refractivity contribution in [2.45, 2.75) is 46.1 Å². The number of hydrogen-bond donors (Lipinski definition) is 0. The maximum Gasteiger partial charge on any atom is 0.266 e. The monoisotopic (exact) mass is 396 g/mol. The second kappa shape index (κ2) is 8.47. The molecule has 0 unspecified atom stereocenters. The third kappa shape index (κ3) is 5.15. The zero-order chi connectivity index (χ0) is 18.6. The molecule has 0 atom stereocenters. The van der Waals surface area contributed by atoms with Gasteiger partial charge in [-0.3, -0.25) is 14.5 Å². The SMILES string of the molecule is CCCN(C(=O)CCN1C(=O)/C(=C\c2cccs2)SC1=S)C(C)(C)C. The van der Waals surface area contributed by atoms with Crippen molar-refractivity contribution >= 4 is 57.5 Å². The molecule has 1 aliphatic heterocycles. The Balaban J connectivity index is 2.01. The molecule has 0 aromatic carbocycles. The molecule has 1 saturated heterocycles. The molecule has 4 nitrogen and oxygen atoms in total. The topological polar surface area (TPSA) is 40.6 Å². The summed E-state index contributed by atoms with van der Waals surface area (Å²) in [5.41, 5.74) is -0.221. The predicted octanol–water partition coefficient (Wildman–Crippen LogP) is 4.38. The fraction of sp³-hybridized carbons (Fsp3) is 0.500. The molecular weight excluding hydrogens is 372 g/mol. The lowest BCUT2D eigenvalue weighted by atomic mass is 10.0. The summed E-state index contributed by atoms with van der Waals surface area (Å²) in [6, 6.07) is 3.91. The molecule has 0 aliphatic carbocycles. The summed E-state index contributed by atoms with van der Waals surface area (Å²) in [6.07, 6.45) is 3.06. The Morgan fingerprint density at radius 3 is 2.68 bits per heavy atom. The molecule has 0 bridgehead atoms. The molecule has 2 amide bonds. The summed E-state index contributed by atoms with van der Waals surface area (Å²) in [5, 5.41) is 1.97. The van der Waals surface area contributed by atoms with Crippen LogP contribution in [0.1, 0.15) is 45.4 Å². The molecule has 0 spiro atoms. The highest BCUT2D eigenvalue weighted by atomic mass is 32.2. The third-order valence-corrected chi connectivity index (χ3v) is 5.99. The lowest BCUT2D eigenvalue weighted by Gasteiger charge is -2.36. The largest absolute Gasteiger partial charge is 0.338 e. The van der Waals surface area contributed by atoms with Gasteiger partial charge in [0.25, 0.3) is 5.91 Å². The normalized spacial score (nSPS) is 16.8. The summed E-state index contributed by atoms with van der Waals surface area (Å²) in [6.45, 7) is 9.21. The van der Waals surface area contributed by atoms with E-state index in [1.807, 2.05) is 49.3 Å². The van der Waals surface area contributed by atoms with Crippen molar-refractivity contribution in [1.82, 2.24) is 9.80 Å². The van der Waals surface area contributed by atoms with E-state index in [1.54, 1.807) is 16.2 Å². The predicted molar refractivity (Wildman–Crippen MR) is 111 cm³/mol. The van der Waals surface area contributed by atoms with E-state index in [4.69, 9.17) is 12.2 Å². The van der Waals surface area contributed by atoms with Gasteiger partial charge in [0, 0.05) is 29.9 Å².